The van der Waals surface area contributed by atoms with Gasteiger partial charge in [0, 0.05) is 0 Å². The minimum atomic E-state index is -0.305. The van der Waals surface area contributed by atoms with Crippen LogP contribution in [0, 0.1) is 17.4 Å². The maximum atomic E-state index is 11.6. The fourth-order valence-electron chi connectivity index (χ4n) is 2.38. The molecule has 2 fully saturated rings. The average Bonchev–Trinajstić information content (AvgIpc) is 2.46. The number of rotatable bonds is 1. The summed E-state index contributed by atoms with van der Waals surface area (Å²) in [4.78, 5) is 23.1. The minimum Gasteiger partial charge on any atom is -0.273 e. The predicted octanol–water partition coefficient (Wildman–Crippen LogP) is 0.353. The summed E-state index contributed by atoms with van der Waals surface area (Å²) in [5, 5.41) is 3.50. The Morgan fingerprint density at radius 2 is 1.80 bits per heavy atom. The van der Waals surface area contributed by atoms with E-state index in [0.29, 0.717) is 6.42 Å². The molecule has 0 bridgehead atoms. The average molecular weight is 210 g/mol. The van der Waals surface area contributed by atoms with E-state index in [4.69, 9.17) is 5.53 Å². The first-order chi connectivity index (χ1) is 7.22. The van der Waals surface area contributed by atoms with Gasteiger partial charge in [-0.2, -0.15) is 5.11 Å². The molecule has 1 saturated carbocycles. The van der Waals surface area contributed by atoms with E-state index in [1.165, 1.54) is 0 Å². The molecule has 2 unspecified atom stereocenters. The lowest BCUT2D eigenvalue weighted by Gasteiger charge is -2.29. The lowest BCUT2D eigenvalue weighted by atomic mass is 9.85. The van der Waals surface area contributed by atoms with Crippen LogP contribution >= 0.6 is 0 Å². The maximum Gasteiger partial charge on any atom is 0.242 e. The first kappa shape index (κ1) is 10.1. The third-order valence-electron chi connectivity index (χ3n) is 3.23. The van der Waals surface area contributed by atoms with Crippen LogP contribution in [0.5, 0.6) is 0 Å². The van der Waals surface area contributed by atoms with Crippen LogP contribution in [0.3, 0.4) is 0 Å². The van der Waals surface area contributed by atoms with Crippen molar-refractivity contribution in [1.29, 1.82) is 5.53 Å². The van der Waals surface area contributed by atoms with Crippen LogP contribution in [0.1, 0.15) is 25.7 Å². The third kappa shape index (κ3) is 1.84. The summed E-state index contributed by atoms with van der Waals surface area (Å²) < 4.78 is 0. The quantitative estimate of drug-likeness (QED) is 0.545. The molecule has 0 aromatic rings. The van der Waals surface area contributed by atoms with E-state index in [1.54, 1.807) is 0 Å². The molecule has 0 spiro atoms. The molecule has 6 nitrogen and oxygen atoms in total. The largest absolute Gasteiger partial charge is 0.273 e. The van der Waals surface area contributed by atoms with Crippen LogP contribution < -0.4 is 10.9 Å². The van der Waals surface area contributed by atoms with E-state index in [1.807, 2.05) is 0 Å². The lowest BCUT2D eigenvalue weighted by Crippen LogP contribution is -2.56. The zero-order chi connectivity index (χ0) is 10.8. The van der Waals surface area contributed by atoms with Gasteiger partial charge in [-0.3, -0.25) is 20.4 Å². The molecule has 0 radical (unpaired) electrons. The molecule has 1 heterocycles. The number of carbonyl (C=O) groups is 2. The summed E-state index contributed by atoms with van der Waals surface area (Å²) >= 11 is 0. The van der Waals surface area contributed by atoms with Gasteiger partial charge in [-0.05, 0) is 19.3 Å². The molecule has 1 saturated heterocycles. The minimum absolute atomic E-state index is 0.100. The maximum absolute atomic E-state index is 11.6. The summed E-state index contributed by atoms with van der Waals surface area (Å²) in [5.41, 5.74) is 11.7. The van der Waals surface area contributed by atoms with Crippen molar-refractivity contribution in [2.45, 2.75) is 31.7 Å². The monoisotopic (exact) mass is 210 g/mol. The normalized spacial score (nSPS) is 35.9. The number of nitrogens with one attached hydrogen (secondary N) is 3. The number of hydrogen-bond acceptors (Lipinski definition) is 4. The molecular weight excluding hydrogens is 196 g/mol. The highest BCUT2D eigenvalue weighted by Gasteiger charge is 2.40. The van der Waals surface area contributed by atoms with E-state index in [9.17, 15) is 9.59 Å². The second-order valence-electron chi connectivity index (χ2n) is 4.14. The predicted molar refractivity (Wildman–Crippen MR) is 50.7 cm³/mol. The molecule has 3 atom stereocenters. The molecule has 3 N–H and O–H groups in total. The first-order valence-electron chi connectivity index (χ1n) is 5.18. The molecule has 15 heavy (non-hydrogen) atoms. The fraction of sp³-hybridized carbons (Fsp3) is 0.778. The number of hydrogen-bond donors (Lipinski definition) is 3. The van der Waals surface area contributed by atoms with Crippen LogP contribution in [-0.4, -0.2) is 17.9 Å². The molecule has 2 amide bonds. The molecule has 1 aliphatic carbocycles. The second-order valence-corrected chi connectivity index (χ2v) is 4.14. The number of fused-ring (bicyclic) bond motifs is 1. The Morgan fingerprint density at radius 1 is 1.13 bits per heavy atom. The van der Waals surface area contributed by atoms with Crippen molar-refractivity contribution in [2.75, 3.05) is 0 Å². The molecule has 0 aromatic carbocycles. The van der Waals surface area contributed by atoms with Crippen molar-refractivity contribution in [1.82, 2.24) is 10.9 Å². The van der Waals surface area contributed by atoms with Gasteiger partial charge < -0.3 is 0 Å². The molecule has 2 rings (SSSR count). The summed E-state index contributed by atoms with van der Waals surface area (Å²) in [6.07, 6.45) is 2.90. The number of amides is 2. The molecule has 0 aromatic heterocycles. The number of nitrogens with zero attached hydrogens (tertiary/aromatic N) is 1. The second kappa shape index (κ2) is 3.96. The van der Waals surface area contributed by atoms with E-state index in [0.717, 1.165) is 19.3 Å². The van der Waals surface area contributed by atoms with Gasteiger partial charge in [-0.25, -0.2) is 5.53 Å². The van der Waals surface area contributed by atoms with Gasteiger partial charge >= 0.3 is 0 Å². The Balaban J connectivity index is 2.18. The molecule has 82 valence electrons. The number of carbonyl (C=O) groups excluding carboxylic acids is 2. The zero-order valence-electron chi connectivity index (χ0n) is 8.32. The molecule has 1 aliphatic heterocycles. The zero-order valence-corrected chi connectivity index (χ0v) is 8.32. The van der Waals surface area contributed by atoms with Gasteiger partial charge in [-0.15, -0.1) is 0 Å². The van der Waals surface area contributed by atoms with Crippen molar-refractivity contribution in [2.24, 2.45) is 17.0 Å². The summed E-state index contributed by atoms with van der Waals surface area (Å²) in [5.74, 6) is -0.786. The third-order valence-corrected chi connectivity index (χ3v) is 3.23. The van der Waals surface area contributed by atoms with Gasteiger partial charge in [0.15, 0.2) is 0 Å². The summed E-state index contributed by atoms with van der Waals surface area (Å²) in [7, 11) is 0. The van der Waals surface area contributed by atoms with Crippen molar-refractivity contribution in [3.8, 4) is 0 Å². The van der Waals surface area contributed by atoms with Gasteiger partial charge in [0.25, 0.3) is 0 Å². The SMILES string of the molecule is N=N[C@@H]1CCCC2C(=O)NNC(=O)C2C1. The van der Waals surface area contributed by atoms with Crippen LogP contribution in [0.15, 0.2) is 5.11 Å². The summed E-state index contributed by atoms with van der Waals surface area (Å²) in [6.45, 7) is 0. The van der Waals surface area contributed by atoms with Crippen molar-refractivity contribution >= 4 is 11.8 Å². The number of hydrazine groups is 1. The van der Waals surface area contributed by atoms with Crippen molar-refractivity contribution < 1.29 is 9.59 Å². The lowest BCUT2D eigenvalue weighted by molar-refractivity contribution is -0.143. The Morgan fingerprint density at radius 3 is 2.47 bits per heavy atom. The highest BCUT2D eigenvalue weighted by Crippen LogP contribution is 2.31. The van der Waals surface area contributed by atoms with Gasteiger partial charge in [0.1, 0.15) is 0 Å². The van der Waals surface area contributed by atoms with Crippen LogP contribution in [0.4, 0.5) is 0 Å². The first-order valence-corrected chi connectivity index (χ1v) is 5.18. The van der Waals surface area contributed by atoms with E-state index >= 15 is 0 Å². The van der Waals surface area contributed by atoms with Gasteiger partial charge in [-0.1, -0.05) is 6.42 Å². The fourth-order valence-corrected chi connectivity index (χ4v) is 2.38. The Kier molecular flexibility index (Phi) is 2.66. The highest BCUT2D eigenvalue weighted by molar-refractivity contribution is 5.92. The van der Waals surface area contributed by atoms with Crippen molar-refractivity contribution in [3.63, 3.8) is 0 Å². The van der Waals surface area contributed by atoms with Gasteiger partial charge in [0.2, 0.25) is 11.8 Å². The Bertz CT molecular complexity index is 304. The Labute approximate surface area is 87.3 Å². The van der Waals surface area contributed by atoms with E-state index in [-0.39, 0.29) is 29.7 Å². The molecular formula is C9H14N4O2. The van der Waals surface area contributed by atoms with Crippen molar-refractivity contribution in [3.05, 3.63) is 0 Å². The molecule has 6 heteroatoms. The summed E-state index contributed by atoms with van der Waals surface area (Å²) in [6, 6.07) is -0.100. The smallest absolute Gasteiger partial charge is 0.242 e. The van der Waals surface area contributed by atoms with E-state index < -0.39 is 0 Å². The van der Waals surface area contributed by atoms with Crippen LogP contribution in [0.25, 0.3) is 0 Å². The van der Waals surface area contributed by atoms with Crippen LogP contribution in [-0.2, 0) is 9.59 Å². The van der Waals surface area contributed by atoms with Crippen LogP contribution in [0.2, 0.25) is 0 Å². The molecule has 2 aliphatic rings. The highest BCUT2D eigenvalue weighted by atomic mass is 16.2. The Hall–Kier alpha value is -1.46. The topological polar surface area (TPSA) is 94.4 Å². The standard InChI is InChI=1S/C9H14N4O2/c10-11-5-2-1-3-6-7(4-5)9(15)13-12-8(6)14/h5-7,10H,1-4H2,(H,12,14)(H,13,15)/t5-,6?,7?/m1/s1. The van der Waals surface area contributed by atoms with E-state index in [2.05, 4.69) is 16.0 Å². The van der Waals surface area contributed by atoms with Gasteiger partial charge in [0.05, 0.1) is 17.9 Å².